The minimum Gasteiger partial charge on any atom is -0.546 e. The number of thioether (sulfide) groups is 1. The highest BCUT2D eigenvalue weighted by Crippen LogP contribution is 2.31. The molecule has 21 heavy (non-hydrogen) atoms. The fourth-order valence-electron chi connectivity index (χ4n) is 1.59. The van der Waals surface area contributed by atoms with Crippen LogP contribution in [0, 0.1) is 0 Å². The van der Waals surface area contributed by atoms with Crippen LogP contribution in [0.25, 0.3) is 6.08 Å². The molecule has 0 radical (unpaired) electrons. The van der Waals surface area contributed by atoms with Gasteiger partial charge >= 0.3 is 0 Å². The Hall–Kier alpha value is -2.28. The van der Waals surface area contributed by atoms with Crippen LogP contribution in [-0.4, -0.2) is 35.2 Å². The van der Waals surface area contributed by atoms with Gasteiger partial charge in [0.05, 0.1) is 10.9 Å². The third-order valence-electron chi connectivity index (χ3n) is 2.81. The molecule has 1 heterocycles. The molecule has 0 N–H and O–H groups in total. The van der Waals surface area contributed by atoms with Gasteiger partial charge in [-0.05, 0) is 42.5 Å². The Morgan fingerprint density at radius 3 is 2.43 bits per heavy atom. The van der Waals surface area contributed by atoms with E-state index in [1.807, 2.05) is 0 Å². The van der Waals surface area contributed by atoms with E-state index in [9.17, 15) is 19.5 Å². The largest absolute Gasteiger partial charge is 0.546 e. The lowest BCUT2D eigenvalue weighted by atomic mass is 10.2. The Balaban J connectivity index is 2.11. The summed E-state index contributed by atoms with van der Waals surface area (Å²) in [5.74, 6) is -1.25. The average Bonchev–Trinajstić information content (AvgIpc) is 2.68. The number of carboxylic acids is 1. The summed E-state index contributed by atoms with van der Waals surface area (Å²) in [6, 6.07) is 6.50. The lowest BCUT2D eigenvalue weighted by molar-refractivity contribution is -0.312. The van der Waals surface area contributed by atoms with Crippen molar-refractivity contribution in [3.63, 3.8) is 0 Å². The van der Waals surface area contributed by atoms with Gasteiger partial charge in [-0.15, -0.1) is 0 Å². The topological polar surface area (TPSA) is 86.7 Å². The first-order valence-corrected chi connectivity index (χ1v) is 6.89. The standard InChI is InChI=1S/C14H13NO5S/c1-8(13(17)18)20-10-5-3-9(4-6-10)7-11-12(16)15(2)14(19)21-11/h3-8H,1-2H3,(H,17,18)/p-1/b11-7-/t8-/m1/s1. The number of imide groups is 1. The van der Waals surface area contributed by atoms with E-state index in [2.05, 4.69) is 0 Å². The zero-order chi connectivity index (χ0) is 15.6. The number of aliphatic carboxylic acids is 1. The maximum Gasteiger partial charge on any atom is 0.293 e. The molecule has 0 aliphatic carbocycles. The fourth-order valence-corrected chi connectivity index (χ4v) is 2.42. The fraction of sp³-hybridized carbons (Fsp3) is 0.214. The van der Waals surface area contributed by atoms with Gasteiger partial charge in [-0.1, -0.05) is 12.1 Å². The summed E-state index contributed by atoms with van der Waals surface area (Å²) in [6.07, 6.45) is 0.549. The molecule has 1 aliphatic heterocycles. The number of carbonyl (C=O) groups excluding carboxylic acids is 3. The van der Waals surface area contributed by atoms with Crippen molar-refractivity contribution >= 4 is 35.0 Å². The molecule has 2 rings (SSSR count). The molecule has 0 unspecified atom stereocenters. The summed E-state index contributed by atoms with van der Waals surface area (Å²) in [4.78, 5) is 35.1. The Morgan fingerprint density at radius 2 is 1.95 bits per heavy atom. The van der Waals surface area contributed by atoms with E-state index in [1.165, 1.54) is 14.0 Å². The van der Waals surface area contributed by atoms with Gasteiger partial charge in [0.1, 0.15) is 11.9 Å². The smallest absolute Gasteiger partial charge is 0.293 e. The normalized spacial score (nSPS) is 18.2. The maximum absolute atomic E-state index is 11.7. The highest BCUT2D eigenvalue weighted by atomic mass is 32.2. The van der Waals surface area contributed by atoms with Crippen LogP contribution in [0.1, 0.15) is 12.5 Å². The Labute approximate surface area is 125 Å². The predicted molar refractivity (Wildman–Crippen MR) is 75.3 cm³/mol. The summed E-state index contributed by atoms with van der Waals surface area (Å²) in [5.41, 5.74) is 0.711. The Morgan fingerprint density at radius 1 is 1.33 bits per heavy atom. The SMILES string of the molecule is C[C@@H](Oc1ccc(/C=C2\SC(=O)N(C)C2=O)cc1)C(=O)[O-]. The third-order valence-corrected chi connectivity index (χ3v) is 3.77. The van der Waals surface area contributed by atoms with Crippen molar-refractivity contribution in [1.29, 1.82) is 0 Å². The number of benzene rings is 1. The molecule has 6 nitrogen and oxygen atoms in total. The monoisotopic (exact) mass is 306 g/mol. The number of nitrogens with zero attached hydrogens (tertiary/aromatic N) is 1. The van der Waals surface area contributed by atoms with Crippen molar-refractivity contribution < 1.29 is 24.2 Å². The van der Waals surface area contributed by atoms with Gasteiger partial charge in [0.15, 0.2) is 0 Å². The van der Waals surface area contributed by atoms with Crippen LogP contribution in [0.3, 0.4) is 0 Å². The number of carboxylic acid groups (broad SMARTS) is 1. The first-order chi connectivity index (χ1) is 9.88. The van der Waals surface area contributed by atoms with Crippen molar-refractivity contribution in [2.75, 3.05) is 7.05 Å². The lowest BCUT2D eigenvalue weighted by Gasteiger charge is -2.15. The summed E-state index contributed by atoms with van der Waals surface area (Å²) in [5, 5.41) is 10.3. The van der Waals surface area contributed by atoms with Crippen LogP contribution in [0.5, 0.6) is 5.75 Å². The number of hydrogen-bond acceptors (Lipinski definition) is 6. The van der Waals surface area contributed by atoms with Crippen LogP contribution in [0.15, 0.2) is 29.2 Å². The van der Waals surface area contributed by atoms with Gasteiger partial charge in [-0.3, -0.25) is 14.5 Å². The van der Waals surface area contributed by atoms with E-state index in [4.69, 9.17) is 4.74 Å². The summed E-state index contributed by atoms with van der Waals surface area (Å²) < 4.78 is 5.14. The molecule has 7 heteroatoms. The minimum absolute atomic E-state index is 0.311. The minimum atomic E-state index is -1.30. The second kappa shape index (κ2) is 6.01. The zero-order valence-electron chi connectivity index (χ0n) is 11.4. The van der Waals surface area contributed by atoms with Crippen LogP contribution < -0.4 is 9.84 Å². The molecule has 1 aromatic rings. The first-order valence-electron chi connectivity index (χ1n) is 6.07. The molecule has 0 aromatic heterocycles. The van der Waals surface area contributed by atoms with Crippen molar-refractivity contribution in [2.45, 2.75) is 13.0 Å². The zero-order valence-corrected chi connectivity index (χ0v) is 12.2. The van der Waals surface area contributed by atoms with Crippen LogP contribution in [0.4, 0.5) is 4.79 Å². The maximum atomic E-state index is 11.7. The molecule has 2 amide bonds. The molecule has 0 saturated carbocycles. The molecule has 0 bridgehead atoms. The number of rotatable bonds is 4. The molecule has 1 saturated heterocycles. The molecular formula is C14H12NO5S-. The van der Waals surface area contributed by atoms with Crippen LogP contribution in [0.2, 0.25) is 0 Å². The van der Waals surface area contributed by atoms with E-state index < -0.39 is 12.1 Å². The van der Waals surface area contributed by atoms with Crippen molar-refractivity contribution in [2.24, 2.45) is 0 Å². The number of hydrogen-bond donors (Lipinski definition) is 0. The summed E-state index contributed by atoms with van der Waals surface area (Å²) in [6.45, 7) is 1.38. The number of likely N-dealkylation sites (N-methyl/N-ethyl adjacent to an activating group) is 1. The second-order valence-electron chi connectivity index (χ2n) is 4.39. The second-order valence-corrected chi connectivity index (χ2v) is 5.38. The van der Waals surface area contributed by atoms with Gasteiger partial charge in [0.2, 0.25) is 0 Å². The van der Waals surface area contributed by atoms with Gasteiger partial charge in [-0.25, -0.2) is 0 Å². The molecule has 110 valence electrons. The Kier molecular flexibility index (Phi) is 4.32. The summed E-state index contributed by atoms with van der Waals surface area (Å²) in [7, 11) is 1.43. The van der Waals surface area contributed by atoms with E-state index in [0.29, 0.717) is 16.2 Å². The third kappa shape index (κ3) is 3.43. The molecule has 0 spiro atoms. The molecular weight excluding hydrogens is 294 g/mol. The highest BCUT2D eigenvalue weighted by molar-refractivity contribution is 8.18. The van der Waals surface area contributed by atoms with Crippen LogP contribution >= 0.6 is 11.8 Å². The number of ether oxygens (including phenoxy) is 1. The quantitative estimate of drug-likeness (QED) is 0.767. The van der Waals surface area contributed by atoms with E-state index in [-0.39, 0.29) is 11.1 Å². The van der Waals surface area contributed by atoms with Gasteiger partial charge in [-0.2, -0.15) is 0 Å². The molecule has 1 atom stereocenters. The first kappa shape index (κ1) is 15.1. The number of carbonyl (C=O) groups is 3. The lowest BCUT2D eigenvalue weighted by Crippen LogP contribution is -2.37. The van der Waals surface area contributed by atoms with Gasteiger partial charge in [0.25, 0.3) is 11.1 Å². The van der Waals surface area contributed by atoms with Gasteiger partial charge < -0.3 is 14.6 Å². The molecule has 1 aliphatic rings. The van der Waals surface area contributed by atoms with Gasteiger partial charge in [0, 0.05) is 7.05 Å². The Bertz CT molecular complexity index is 623. The molecule has 1 aromatic carbocycles. The van der Waals surface area contributed by atoms with Crippen molar-refractivity contribution in [1.82, 2.24) is 4.90 Å². The van der Waals surface area contributed by atoms with E-state index in [0.717, 1.165) is 16.7 Å². The van der Waals surface area contributed by atoms with Crippen LogP contribution in [-0.2, 0) is 9.59 Å². The average molecular weight is 306 g/mol. The predicted octanol–water partition coefficient (Wildman–Crippen LogP) is 0.870. The number of amides is 2. The highest BCUT2D eigenvalue weighted by Gasteiger charge is 2.31. The summed E-state index contributed by atoms with van der Waals surface area (Å²) >= 11 is 0.877. The molecule has 1 fully saturated rings. The van der Waals surface area contributed by atoms with Crippen molar-refractivity contribution in [3.05, 3.63) is 34.7 Å². The van der Waals surface area contributed by atoms with E-state index >= 15 is 0 Å². The van der Waals surface area contributed by atoms with E-state index in [1.54, 1.807) is 30.3 Å². The van der Waals surface area contributed by atoms with Crippen molar-refractivity contribution in [3.8, 4) is 5.75 Å².